The van der Waals surface area contributed by atoms with Gasteiger partial charge in [-0.15, -0.1) is 0 Å². The minimum atomic E-state index is -0.411. The number of hydrogen-bond acceptors (Lipinski definition) is 6. The molecule has 6 nitrogen and oxygen atoms in total. The van der Waals surface area contributed by atoms with Gasteiger partial charge in [0.1, 0.15) is 6.10 Å². The molecule has 0 aromatic heterocycles. The highest BCUT2D eigenvalue weighted by Crippen LogP contribution is 2.29. The monoisotopic (exact) mass is 827 g/mol. The zero-order valence-electron chi connectivity index (χ0n) is 42.0. The molecule has 0 aliphatic rings. The van der Waals surface area contributed by atoms with Crippen LogP contribution in [0.4, 0.5) is 0 Å². The summed E-state index contributed by atoms with van der Waals surface area (Å²) in [6.45, 7) is 28.3. The van der Waals surface area contributed by atoms with Crippen molar-refractivity contribution in [2.24, 2.45) is 16.6 Å². The van der Waals surface area contributed by atoms with Crippen LogP contribution in [-0.2, 0) is 19.1 Å². The Morgan fingerprint density at radius 1 is 0.466 bits per heavy atom. The summed E-state index contributed by atoms with van der Waals surface area (Å²) in [4.78, 5) is 25.9. The van der Waals surface area contributed by atoms with Crippen molar-refractivity contribution < 1.29 is 19.1 Å². The van der Waals surface area contributed by atoms with Crippen LogP contribution in [-0.4, -0.2) is 44.3 Å². The second kappa shape index (κ2) is 50.2. The molecule has 3 N–H and O–H groups in total. The predicted molar refractivity (Wildman–Crippen MR) is 259 cm³/mol. The highest BCUT2D eigenvalue weighted by Gasteiger charge is 2.31. The molecular formula is C52H110N2O4. The lowest BCUT2D eigenvalue weighted by atomic mass is 9.86. The van der Waals surface area contributed by atoms with E-state index in [2.05, 4.69) is 39.9 Å². The number of carbonyl (C=O) groups excluding carboxylic acids is 2. The van der Waals surface area contributed by atoms with E-state index in [4.69, 9.17) is 15.2 Å². The summed E-state index contributed by atoms with van der Waals surface area (Å²) in [6, 6.07) is 0. The highest BCUT2D eigenvalue weighted by molar-refractivity contribution is 5.76. The number of nitrogens with two attached hydrogens (primary N) is 1. The maximum Gasteiger partial charge on any atom is 0.311 e. The van der Waals surface area contributed by atoms with Crippen molar-refractivity contribution in [3.8, 4) is 0 Å². The van der Waals surface area contributed by atoms with Gasteiger partial charge < -0.3 is 20.5 Å². The van der Waals surface area contributed by atoms with Gasteiger partial charge in [0.2, 0.25) is 0 Å². The van der Waals surface area contributed by atoms with Gasteiger partial charge in [0.25, 0.3) is 0 Å². The molecular weight excluding hydrogens is 717 g/mol. The summed E-state index contributed by atoms with van der Waals surface area (Å²) < 4.78 is 11.9. The minimum absolute atomic E-state index is 0.0152. The largest absolute Gasteiger partial charge is 0.465 e. The zero-order valence-corrected chi connectivity index (χ0v) is 42.0. The fourth-order valence-electron chi connectivity index (χ4n) is 6.97. The SMILES string of the molecule is CC.CC.CCCCCCCCCCCOC(=O)C(C)(C)CCCCNCCCCCCC(C)(C)C(=O)OC(CCCCCCCC)CCCCCCCC.CCN. The maximum absolute atomic E-state index is 13.3. The van der Waals surface area contributed by atoms with Gasteiger partial charge in [0.05, 0.1) is 17.4 Å². The molecule has 0 aromatic carbocycles. The summed E-state index contributed by atoms with van der Waals surface area (Å²) in [7, 11) is 0. The minimum Gasteiger partial charge on any atom is -0.465 e. The number of esters is 2. The molecule has 0 bridgehead atoms. The third-order valence-corrected chi connectivity index (χ3v) is 10.9. The predicted octanol–water partition coefficient (Wildman–Crippen LogP) is 16.3. The fraction of sp³-hybridized carbons (Fsp3) is 0.962. The lowest BCUT2D eigenvalue weighted by Gasteiger charge is -2.27. The van der Waals surface area contributed by atoms with Gasteiger partial charge in [-0.1, -0.05) is 197 Å². The fourth-order valence-corrected chi connectivity index (χ4v) is 6.97. The summed E-state index contributed by atoms with van der Waals surface area (Å²) in [6.07, 6.45) is 37.5. The third kappa shape index (κ3) is 45.9. The molecule has 6 heteroatoms. The lowest BCUT2D eigenvalue weighted by Crippen LogP contribution is -2.31. The van der Waals surface area contributed by atoms with Crippen LogP contribution < -0.4 is 11.1 Å². The normalized spacial score (nSPS) is 11.2. The molecule has 0 amide bonds. The number of unbranched alkanes of at least 4 members (excludes halogenated alkanes) is 22. The molecule has 0 atom stereocenters. The Hall–Kier alpha value is -1.14. The van der Waals surface area contributed by atoms with Gasteiger partial charge in [-0.3, -0.25) is 9.59 Å². The molecule has 0 heterocycles. The van der Waals surface area contributed by atoms with Crippen molar-refractivity contribution in [1.82, 2.24) is 5.32 Å². The van der Waals surface area contributed by atoms with Crippen LogP contribution >= 0.6 is 0 Å². The quantitative estimate of drug-likeness (QED) is 0.0474. The smallest absolute Gasteiger partial charge is 0.311 e. The molecule has 0 aliphatic heterocycles. The molecule has 58 heavy (non-hydrogen) atoms. The third-order valence-electron chi connectivity index (χ3n) is 10.9. The number of nitrogens with one attached hydrogen (secondary N) is 1. The van der Waals surface area contributed by atoms with Crippen molar-refractivity contribution in [3.63, 3.8) is 0 Å². The van der Waals surface area contributed by atoms with Gasteiger partial charge in [0.15, 0.2) is 0 Å². The molecule has 0 aromatic rings. The van der Waals surface area contributed by atoms with E-state index in [1.807, 2.05) is 48.5 Å². The standard InChI is InChI=1S/C46H91NO4.C2H7N.2C2H6/c1-8-11-14-17-20-21-22-27-34-41-50-43(48)45(4,5)38-31-33-40-47-39-32-26-25-30-37-46(6,7)44(49)51-42(35-28-23-18-15-12-9-2)36-29-24-19-16-13-10-3;1-2-3;2*1-2/h42,47H,8-41H2,1-7H3;2-3H2,1H3;2*1-2H3. The van der Waals surface area contributed by atoms with Crippen LogP contribution in [0.15, 0.2) is 0 Å². The average Bonchev–Trinajstić information content (AvgIpc) is 3.21. The second-order valence-corrected chi connectivity index (χ2v) is 17.7. The first-order chi connectivity index (χ1) is 28.0. The molecule has 0 aliphatic carbocycles. The first kappa shape index (κ1) is 63.5. The van der Waals surface area contributed by atoms with E-state index in [0.29, 0.717) is 6.61 Å². The Morgan fingerprint density at radius 2 is 0.776 bits per heavy atom. The van der Waals surface area contributed by atoms with E-state index in [1.54, 1.807) is 0 Å². The number of rotatable bonds is 39. The van der Waals surface area contributed by atoms with Crippen LogP contribution in [0.2, 0.25) is 0 Å². The summed E-state index contributed by atoms with van der Waals surface area (Å²) >= 11 is 0. The van der Waals surface area contributed by atoms with Crippen LogP contribution in [0.1, 0.15) is 282 Å². The average molecular weight is 827 g/mol. The maximum atomic E-state index is 13.3. The van der Waals surface area contributed by atoms with Gasteiger partial charge >= 0.3 is 11.9 Å². The molecule has 0 fully saturated rings. The summed E-state index contributed by atoms with van der Waals surface area (Å²) in [5.41, 5.74) is 4.04. The van der Waals surface area contributed by atoms with Gasteiger partial charge in [-0.05, 0) is 105 Å². The molecule has 0 rings (SSSR count). The van der Waals surface area contributed by atoms with E-state index in [0.717, 1.165) is 77.4 Å². The van der Waals surface area contributed by atoms with Gasteiger partial charge in [-0.25, -0.2) is 0 Å². The molecule has 0 unspecified atom stereocenters. The van der Waals surface area contributed by atoms with E-state index in [1.165, 1.54) is 141 Å². The second-order valence-electron chi connectivity index (χ2n) is 17.7. The van der Waals surface area contributed by atoms with Gasteiger partial charge in [0, 0.05) is 0 Å². The Balaban J connectivity index is -0.00000195. The van der Waals surface area contributed by atoms with Crippen molar-refractivity contribution in [1.29, 1.82) is 0 Å². The van der Waals surface area contributed by atoms with Crippen LogP contribution in [0.5, 0.6) is 0 Å². The van der Waals surface area contributed by atoms with Crippen LogP contribution in [0.25, 0.3) is 0 Å². The Labute approximate surface area is 366 Å². The Bertz CT molecular complexity index is 784. The zero-order chi connectivity index (χ0) is 44.6. The van der Waals surface area contributed by atoms with Gasteiger partial charge in [-0.2, -0.15) is 0 Å². The number of carbonyl (C=O) groups is 2. The van der Waals surface area contributed by atoms with Crippen molar-refractivity contribution in [3.05, 3.63) is 0 Å². The molecule has 0 saturated heterocycles. The highest BCUT2D eigenvalue weighted by atomic mass is 16.5. The molecule has 352 valence electrons. The van der Waals surface area contributed by atoms with E-state index in [-0.39, 0.29) is 18.0 Å². The summed E-state index contributed by atoms with van der Waals surface area (Å²) in [5.74, 6) is -0.0195. The molecule has 0 spiro atoms. The Kier molecular flexibility index (Phi) is 55.0. The molecule has 0 radical (unpaired) electrons. The van der Waals surface area contributed by atoms with Crippen molar-refractivity contribution >= 4 is 11.9 Å². The first-order valence-electron chi connectivity index (χ1n) is 25.8. The van der Waals surface area contributed by atoms with Crippen LogP contribution in [0, 0.1) is 10.8 Å². The first-order valence-corrected chi connectivity index (χ1v) is 25.8. The van der Waals surface area contributed by atoms with E-state index >= 15 is 0 Å². The number of hydrogen-bond donors (Lipinski definition) is 2. The molecule has 0 saturated carbocycles. The summed E-state index contributed by atoms with van der Waals surface area (Å²) in [5, 5.41) is 3.59. The Morgan fingerprint density at radius 3 is 1.21 bits per heavy atom. The van der Waals surface area contributed by atoms with E-state index in [9.17, 15) is 9.59 Å². The van der Waals surface area contributed by atoms with Crippen molar-refractivity contribution in [2.75, 3.05) is 26.2 Å². The number of ether oxygens (including phenoxy) is 2. The van der Waals surface area contributed by atoms with Crippen LogP contribution in [0.3, 0.4) is 0 Å². The topological polar surface area (TPSA) is 90.6 Å². The lowest BCUT2D eigenvalue weighted by molar-refractivity contribution is -0.161. The van der Waals surface area contributed by atoms with Crippen molar-refractivity contribution in [2.45, 2.75) is 288 Å². The van der Waals surface area contributed by atoms with E-state index < -0.39 is 10.8 Å².